The number of carbonyl (C=O) groups excluding carboxylic acids is 3. The summed E-state index contributed by atoms with van der Waals surface area (Å²) in [5, 5.41) is 14.3. The Morgan fingerprint density at radius 3 is 2.50 bits per heavy atom. The van der Waals surface area contributed by atoms with Gasteiger partial charge in [0.15, 0.2) is 0 Å². The Morgan fingerprint density at radius 2 is 1.90 bits per heavy atom. The molecule has 4 unspecified atom stereocenters. The third-order valence-corrected chi connectivity index (χ3v) is 5.75. The van der Waals surface area contributed by atoms with Crippen molar-refractivity contribution < 1.29 is 24.3 Å². The molecule has 1 heterocycles. The van der Waals surface area contributed by atoms with Crippen LogP contribution in [0.2, 0.25) is 0 Å². The van der Waals surface area contributed by atoms with Crippen LogP contribution in [-0.2, 0) is 19.2 Å². The van der Waals surface area contributed by atoms with Crippen LogP contribution in [0.25, 0.3) is 0 Å². The fourth-order valence-electron chi connectivity index (χ4n) is 3.31. The summed E-state index contributed by atoms with van der Waals surface area (Å²) in [4.78, 5) is 50.4. The number of likely N-dealkylation sites (tertiary alicyclic amines) is 1. The zero-order valence-electron chi connectivity index (χ0n) is 17.8. The molecule has 7 N–H and O–H groups in total. The van der Waals surface area contributed by atoms with E-state index in [2.05, 4.69) is 10.6 Å². The minimum atomic E-state index is -1.12. The molecule has 0 radical (unpaired) electrons. The van der Waals surface area contributed by atoms with Gasteiger partial charge in [0.05, 0.1) is 6.04 Å². The minimum Gasteiger partial charge on any atom is -0.480 e. The predicted octanol–water partition coefficient (Wildman–Crippen LogP) is -0.739. The molecule has 1 rings (SSSR count). The van der Waals surface area contributed by atoms with Gasteiger partial charge in [0.25, 0.3) is 0 Å². The van der Waals surface area contributed by atoms with E-state index in [4.69, 9.17) is 11.5 Å². The Hall–Kier alpha value is -1.85. The summed E-state index contributed by atoms with van der Waals surface area (Å²) in [5.74, 6) is -1.82. The molecular formula is C19H35N5O5S. The average molecular weight is 446 g/mol. The van der Waals surface area contributed by atoms with Gasteiger partial charge in [-0.05, 0) is 57.6 Å². The summed E-state index contributed by atoms with van der Waals surface area (Å²) in [7, 11) is 0. The Kier molecular flexibility index (Phi) is 11.7. The predicted molar refractivity (Wildman–Crippen MR) is 116 cm³/mol. The van der Waals surface area contributed by atoms with Crippen molar-refractivity contribution in [3.63, 3.8) is 0 Å². The number of carbonyl (C=O) groups is 4. The quantitative estimate of drug-likeness (QED) is 0.231. The van der Waals surface area contributed by atoms with Gasteiger partial charge >= 0.3 is 5.97 Å². The van der Waals surface area contributed by atoms with Gasteiger partial charge in [-0.1, -0.05) is 6.42 Å². The number of amides is 3. The molecule has 0 aromatic heterocycles. The maximum absolute atomic E-state index is 12.7. The number of rotatable bonds is 13. The van der Waals surface area contributed by atoms with Gasteiger partial charge in [0, 0.05) is 6.54 Å². The second-order valence-corrected chi connectivity index (χ2v) is 8.48. The van der Waals surface area contributed by atoms with Crippen molar-refractivity contribution in [3.8, 4) is 0 Å². The normalized spacial score (nSPS) is 19.1. The van der Waals surface area contributed by atoms with Gasteiger partial charge in [0.2, 0.25) is 17.7 Å². The highest BCUT2D eigenvalue weighted by Crippen LogP contribution is 2.19. The highest BCUT2D eigenvalue weighted by atomic mass is 32.2. The number of aliphatic carboxylic acids is 1. The van der Waals surface area contributed by atoms with Gasteiger partial charge in [-0.3, -0.25) is 14.4 Å². The number of hydrogen-bond acceptors (Lipinski definition) is 7. The number of nitrogens with two attached hydrogens (primary N) is 2. The van der Waals surface area contributed by atoms with Crippen LogP contribution in [-0.4, -0.2) is 83.0 Å². The summed E-state index contributed by atoms with van der Waals surface area (Å²) < 4.78 is 0. The minimum absolute atomic E-state index is 0.273. The van der Waals surface area contributed by atoms with E-state index in [9.17, 15) is 24.3 Å². The summed E-state index contributed by atoms with van der Waals surface area (Å²) >= 11 is 1.48. The number of thioether (sulfide) groups is 1. The lowest BCUT2D eigenvalue weighted by molar-refractivity contribution is -0.143. The number of carboxylic acid groups (broad SMARTS) is 1. The maximum atomic E-state index is 12.7. The third-order valence-electron chi connectivity index (χ3n) is 5.10. The molecule has 172 valence electrons. The van der Waals surface area contributed by atoms with Crippen molar-refractivity contribution in [3.05, 3.63) is 0 Å². The molecule has 0 aromatic carbocycles. The summed E-state index contributed by atoms with van der Waals surface area (Å²) in [6.45, 7) is 2.47. The van der Waals surface area contributed by atoms with E-state index in [1.54, 1.807) is 0 Å². The van der Waals surface area contributed by atoms with Crippen molar-refractivity contribution >= 4 is 35.5 Å². The van der Waals surface area contributed by atoms with E-state index >= 15 is 0 Å². The molecule has 0 aromatic rings. The van der Waals surface area contributed by atoms with E-state index in [-0.39, 0.29) is 12.3 Å². The van der Waals surface area contributed by atoms with Crippen LogP contribution in [0, 0.1) is 0 Å². The van der Waals surface area contributed by atoms with Gasteiger partial charge in [-0.15, -0.1) is 0 Å². The zero-order chi connectivity index (χ0) is 22.7. The molecule has 30 heavy (non-hydrogen) atoms. The Morgan fingerprint density at radius 1 is 1.20 bits per heavy atom. The molecule has 10 nitrogen and oxygen atoms in total. The van der Waals surface area contributed by atoms with Crippen LogP contribution in [0.4, 0.5) is 0 Å². The number of unbranched alkanes of at least 4 members (excludes halogenated alkanes) is 1. The largest absolute Gasteiger partial charge is 0.480 e. The highest BCUT2D eigenvalue weighted by Gasteiger charge is 2.37. The standard InChI is InChI=1S/C19H35N5O5S/c1-12(16(25)23-14(19(28)29)8-11-30-2)22-17(26)15-7-5-10-24(15)18(27)13(21)6-3-4-9-20/h12-15H,3-11,20-21H2,1-2H3,(H,22,26)(H,23,25)(H,28,29). The molecule has 1 saturated heterocycles. The number of nitrogens with one attached hydrogen (secondary N) is 2. The summed E-state index contributed by atoms with van der Waals surface area (Å²) in [5.41, 5.74) is 11.4. The molecule has 0 aliphatic carbocycles. The van der Waals surface area contributed by atoms with Crippen LogP contribution in [0.5, 0.6) is 0 Å². The number of carboxylic acids is 1. The molecule has 1 fully saturated rings. The average Bonchev–Trinajstić information content (AvgIpc) is 3.20. The molecule has 1 aliphatic heterocycles. The van der Waals surface area contributed by atoms with Crippen LogP contribution in [0.1, 0.15) is 45.4 Å². The Bertz CT molecular complexity index is 606. The van der Waals surface area contributed by atoms with Crippen molar-refractivity contribution in [2.24, 2.45) is 11.5 Å². The van der Waals surface area contributed by atoms with E-state index in [1.165, 1.54) is 23.6 Å². The van der Waals surface area contributed by atoms with Crippen LogP contribution in [0.15, 0.2) is 0 Å². The lowest BCUT2D eigenvalue weighted by atomic mass is 10.1. The monoisotopic (exact) mass is 445 g/mol. The first kappa shape index (κ1) is 26.2. The highest BCUT2D eigenvalue weighted by molar-refractivity contribution is 7.98. The first-order valence-corrected chi connectivity index (χ1v) is 11.7. The van der Waals surface area contributed by atoms with Gasteiger partial charge in [-0.25, -0.2) is 4.79 Å². The number of nitrogens with zero attached hydrogens (tertiary/aromatic N) is 1. The van der Waals surface area contributed by atoms with E-state index in [0.29, 0.717) is 38.1 Å². The smallest absolute Gasteiger partial charge is 0.326 e. The summed E-state index contributed by atoms with van der Waals surface area (Å²) in [6, 6.07) is -3.30. The molecule has 4 atom stereocenters. The third kappa shape index (κ3) is 8.11. The van der Waals surface area contributed by atoms with Crippen molar-refractivity contribution in [1.29, 1.82) is 0 Å². The molecular weight excluding hydrogens is 410 g/mol. The van der Waals surface area contributed by atoms with E-state index < -0.39 is 42.0 Å². The summed E-state index contributed by atoms with van der Waals surface area (Å²) in [6.07, 6.45) is 5.34. The van der Waals surface area contributed by atoms with Gasteiger partial charge in [-0.2, -0.15) is 11.8 Å². The first-order chi connectivity index (χ1) is 14.2. The number of hydrogen-bond donors (Lipinski definition) is 5. The second kappa shape index (κ2) is 13.5. The lowest BCUT2D eigenvalue weighted by Crippen LogP contribution is -2.55. The van der Waals surface area contributed by atoms with Gasteiger partial charge < -0.3 is 32.1 Å². The van der Waals surface area contributed by atoms with Crippen LogP contribution in [0.3, 0.4) is 0 Å². The molecule has 11 heteroatoms. The molecule has 0 saturated carbocycles. The molecule has 1 aliphatic rings. The van der Waals surface area contributed by atoms with Crippen molar-refractivity contribution in [2.45, 2.75) is 69.6 Å². The first-order valence-electron chi connectivity index (χ1n) is 10.3. The maximum Gasteiger partial charge on any atom is 0.326 e. The van der Waals surface area contributed by atoms with Crippen LogP contribution >= 0.6 is 11.8 Å². The molecule has 0 spiro atoms. The van der Waals surface area contributed by atoms with Crippen molar-refractivity contribution in [1.82, 2.24) is 15.5 Å². The van der Waals surface area contributed by atoms with Crippen LogP contribution < -0.4 is 22.1 Å². The Labute approximate surface area is 181 Å². The Balaban J connectivity index is 2.63. The zero-order valence-corrected chi connectivity index (χ0v) is 18.6. The lowest BCUT2D eigenvalue weighted by Gasteiger charge is -2.28. The topological polar surface area (TPSA) is 168 Å². The van der Waals surface area contributed by atoms with E-state index in [1.807, 2.05) is 6.26 Å². The second-order valence-electron chi connectivity index (χ2n) is 7.49. The molecule has 0 bridgehead atoms. The fourth-order valence-corrected chi connectivity index (χ4v) is 3.78. The molecule has 3 amide bonds. The van der Waals surface area contributed by atoms with Crippen molar-refractivity contribution in [2.75, 3.05) is 25.1 Å². The van der Waals surface area contributed by atoms with E-state index in [0.717, 1.165) is 12.8 Å². The van der Waals surface area contributed by atoms with Gasteiger partial charge in [0.1, 0.15) is 18.1 Å². The SMILES string of the molecule is CSCCC(NC(=O)C(C)NC(=O)C1CCCN1C(=O)C(N)CCCCN)C(=O)O. The fraction of sp³-hybridized carbons (Fsp3) is 0.789.